The van der Waals surface area contributed by atoms with E-state index in [1.807, 2.05) is 12.1 Å². The van der Waals surface area contributed by atoms with Crippen LogP contribution in [0, 0.1) is 0 Å². The minimum Gasteiger partial charge on any atom is -0.399 e. The molecular weight excluding hydrogens is 440 g/mol. The molecular formula is C32H30N4. The fraction of sp³-hybridized carbons (Fsp3) is 0.188. The van der Waals surface area contributed by atoms with Crippen LogP contribution >= 0.6 is 0 Å². The van der Waals surface area contributed by atoms with Crippen molar-refractivity contribution >= 4 is 33.2 Å². The molecule has 0 radical (unpaired) electrons. The van der Waals surface area contributed by atoms with Crippen molar-refractivity contribution < 1.29 is 0 Å². The standard InChI is InChI=1S/C32H30N4/c1-32(34)14-10-27(11-15-32)36-17-13-22-3-5-24(19-31(22)36)29-20-28(29)23-4-2-21-12-16-35(30(21)18-23)26-8-6-25(33)7-9-26/h2-14,16-19,28-29H,15,20,33-34H2,1H3. The van der Waals surface area contributed by atoms with Crippen molar-refractivity contribution in [2.75, 3.05) is 5.73 Å². The van der Waals surface area contributed by atoms with E-state index in [0.29, 0.717) is 11.8 Å². The zero-order valence-electron chi connectivity index (χ0n) is 20.4. The van der Waals surface area contributed by atoms with Crippen LogP contribution in [0.25, 0.3) is 33.2 Å². The molecule has 2 aliphatic rings. The Labute approximate surface area is 211 Å². The molecule has 1 saturated carbocycles. The zero-order valence-corrected chi connectivity index (χ0v) is 20.4. The lowest BCUT2D eigenvalue weighted by molar-refractivity contribution is 0.589. The van der Waals surface area contributed by atoms with Crippen LogP contribution in [-0.2, 0) is 0 Å². The van der Waals surface area contributed by atoms with E-state index in [1.54, 1.807) is 0 Å². The summed E-state index contributed by atoms with van der Waals surface area (Å²) < 4.78 is 4.56. The molecule has 3 unspecified atom stereocenters. The van der Waals surface area contributed by atoms with Gasteiger partial charge in [-0.1, -0.05) is 36.4 Å². The first-order valence-electron chi connectivity index (χ1n) is 12.7. The Hall–Kier alpha value is -4.02. The van der Waals surface area contributed by atoms with E-state index in [2.05, 4.69) is 107 Å². The van der Waals surface area contributed by atoms with Crippen LogP contribution in [0.2, 0.25) is 0 Å². The van der Waals surface area contributed by atoms with E-state index < -0.39 is 0 Å². The average Bonchev–Trinajstić information content (AvgIpc) is 3.40. The van der Waals surface area contributed by atoms with Crippen molar-refractivity contribution in [2.24, 2.45) is 5.73 Å². The minimum absolute atomic E-state index is 0.256. The van der Waals surface area contributed by atoms with E-state index in [-0.39, 0.29) is 5.54 Å². The van der Waals surface area contributed by atoms with Crippen LogP contribution in [0.3, 0.4) is 0 Å². The van der Waals surface area contributed by atoms with Gasteiger partial charge in [-0.25, -0.2) is 0 Å². The Kier molecular flexibility index (Phi) is 4.57. The van der Waals surface area contributed by atoms with Gasteiger partial charge in [-0.3, -0.25) is 0 Å². The van der Waals surface area contributed by atoms with Gasteiger partial charge >= 0.3 is 0 Å². The van der Waals surface area contributed by atoms with Gasteiger partial charge in [0.15, 0.2) is 0 Å². The van der Waals surface area contributed by atoms with Crippen molar-refractivity contribution in [1.82, 2.24) is 9.13 Å². The molecule has 1 fully saturated rings. The molecule has 5 aromatic rings. The molecule has 3 aromatic carbocycles. The van der Waals surface area contributed by atoms with E-state index in [1.165, 1.54) is 45.1 Å². The summed E-state index contributed by atoms with van der Waals surface area (Å²) >= 11 is 0. The molecule has 0 saturated heterocycles. The fourth-order valence-corrected chi connectivity index (χ4v) is 5.68. The first-order chi connectivity index (χ1) is 17.4. The number of allylic oxidation sites excluding steroid dienone is 2. The molecule has 3 atom stereocenters. The number of anilines is 1. The number of rotatable bonds is 4. The zero-order chi connectivity index (χ0) is 24.4. The molecule has 0 amide bonds. The molecule has 0 bridgehead atoms. The monoisotopic (exact) mass is 470 g/mol. The third kappa shape index (κ3) is 3.57. The fourth-order valence-electron chi connectivity index (χ4n) is 5.68. The molecule has 0 aliphatic heterocycles. The SMILES string of the molecule is CC1(N)C=CC(n2ccc3ccc(C4CC4c4ccc5ccn(-c6ccc(N)cc6)c5c4)cc32)=CC1. The number of hydrogen-bond donors (Lipinski definition) is 2. The second-order valence-electron chi connectivity index (χ2n) is 10.7. The molecule has 4 nitrogen and oxygen atoms in total. The van der Waals surface area contributed by atoms with Gasteiger partial charge in [-0.15, -0.1) is 0 Å². The van der Waals surface area contributed by atoms with Gasteiger partial charge < -0.3 is 20.6 Å². The number of hydrogen-bond acceptors (Lipinski definition) is 2. The summed E-state index contributed by atoms with van der Waals surface area (Å²) in [6, 6.07) is 26.4. The summed E-state index contributed by atoms with van der Waals surface area (Å²) in [7, 11) is 0. The van der Waals surface area contributed by atoms with Gasteiger partial charge in [0.25, 0.3) is 0 Å². The number of benzene rings is 3. The number of aromatic nitrogens is 2. The highest BCUT2D eigenvalue weighted by molar-refractivity contribution is 5.86. The summed E-state index contributed by atoms with van der Waals surface area (Å²) in [5.41, 5.74) is 20.4. The summed E-state index contributed by atoms with van der Waals surface area (Å²) in [6.45, 7) is 2.07. The molecule has 2 aromatic heterocycles. The van der Waals surface area contributed by atoms with Crippen molar-refractivity contribution in [3.63, 3.8) is 0 Å². The Morgan fingerprint density at radius 2 is 1.39 bits per heavy atom. The Morgan fingerprint density at radius 1 is 0.778 bits per heavy atom. The Morgan fingerprint density at radius 3 is 2.00 bits per heavy atom. The van der Waals surface area contributed by atoms with Gasteiger partial charge in [0, 0.05) is 35.0 Å². The maximum Gasteiger partial charge on any atom is 0.0531 e. The normalized spacial score (nSPS) is 23.3. The number of nitrogens with two attached hydrogens (primary N) is 2. The Bertz CT molecular complexity index is 1680. The van der Waals surface area contributed by atoms with Crippen molar-refractivity contribution in [3.8, 4) is 5.69 Å². The largest absolute Gasteiger partial charge is 0.399 e. The first kappa shape index (κ1) is 21.3. The maximum absolute atomic E-state index is 6.28. The highest BCUT2D eigenvalue weighted by atomic mass is 15.0. The van der Waals surface area contributed by atoms with Gasteiger partial charge in [-0.2, -0.15) is 0 Å². The van der Waals surface area contributed by atoms with Crippen LogP contribution < -0.4 is 11.5 Å². The third-order valence-electron chi connectivity index (χ3n) is 7.92. The number of nitrogens with zero attached hydrogens (tertiary/aromatic N) is 2. The highest BCUT2D eigenvalue weighted by Gasteiger charge is 2.39. The lowest BCUT2D eigenvalue weighted by Gasteiger charge is -2.23. The predicted octanol–water partition coefficient (Wildman–Crippen LogP) is 6.96. The van der Waals surface area contributed by atoms with Gasteiger partial charge in [0.05, 0.1) is 11.0 Å². The summed E-state index contributed by atoms with van der Waals surface area (Å²) in [5, 5.41) is 2.53. The molecule has 36 heavy (non-hydrogen) atoms. The first-order valence-corrected chi connectivity index (χ1v) is 12.7. The lowest BCUT2D eigenvalue weighted by Crippen LogP contribution is -2.34. The maximum atomic E-state index is 6.28. The van der Waals surface area contributed by atoms with Crippen molar-refractivity contribution in [3.05, 3.63) is 115 Å². The highest BCUT2D eigenvalue weighted by Crippen LogP contribution is 2.55. The molecule has 178 valence electrons. The van der Waals surface area contributed by atoms with Crippen LogP contribution in [0.5, 0.6) is 0 Å². The second-order valence-corrected chi connectivity index (χ2v) is 10.7. The minimum atomic E-state index is -0.256. The predicted molar refractivity (Wildman–Crippen MR) is 150 cm³/mol. The topological polar surface area (TPSA) is 61.9 Å². The van der Waals surface area contributed by atoms with E-state index in [9.17, 15) is 0 Å². The number of fused-ring (bicyclic) bond motifs is 2. The average molecular weight is 471 g/mol. The molecule has 2 aliphatic carbocycles. The summed E-state index contributed by atoms with van der Waals surface area (Å²) in [4.78, 5) is 0. The lowest BCUT2D eigenvalue weighted by atomic mass is 9.94. The summed E-state index contributed by atoms with van der Waals surface area (Å²) in [5.74, 6) is 1.11. The van der Waals surface area contributed by atoms with Crippen molar-refractivity contribution in [1.29, 1.82) is 0 Å². The van der Waals surface area contributed by atoms with Crippen LogP contribution in [0.15, 0.2) is 103 Å². The van der Waals surface area contributed by atoms with E-state index in [0.717, 1.165) is 17.8 Å². The quantitative estimate of drug-likeness (QED) is 0.279. The molecule has 2 heterocycles. The van der Waals surface area contributed by atoms with Gasteiger partial charge in [0.2, 0.25) is 0 Å². The molecule has 4 heteroatoms. The number of nitrogen functional groups attached to an aromatic ring is 1. The van der Waals surface area contributed by atoms with E-state index in [4.69, 9.17) is 11.5 Å². The van der Waals surface area contributed by atoms with Gasteiger partial charge in [0.1, 0.15) is 0 Å². The van der Waals surface area contributed by atoms with Crippen LogP contribution in [-0.4, -0.2) is 14.7 Å². The van der Waals surface area contributed by atoms with Gasteiger partial charge in [-0.05, 0) is 108 Å². The van der Waals surface area contributed by atoms with Crippen LogP contribution in [0.4, 0.5) is 5.69 Å². The molecule has 0 spiro atoms. The van der Waals surface area contributed by atoms with E-state index >= 15 is 0 Å². The smallest absolute Gasteiger partial charge is 0.0531 e. The Balaban J connectivity index is 1.19. The third-order valence-corrected chi connectivity index (χ3v) is 7.92. The van der Waals surface area contributed by atoms with Crippen LogP contribution in [0.1, 0.15) is 42.7 Å². The molecule has 7 rings (SSSR count). The molecule has 4 N–H and O–H groups in total. The summed E-state index contributed by atoms with van der Waals surface area (Å²) in [6.07, 6.45) is 12.9. The second kappa shape index (κ2) is 7.74. The van der Waals surface area contributed by atoms with Crippen molar-refractivity contribution in [2.45, 2.75) is 37.1 Å².